The third-order valence-electron chi connectivity index (χ3n) is 4.90. The maximum Gasteiger partial charge on any atom is 0.253 e. The van der Waals surface area contributed by atoms with Gasteiger partial charge in [-0.15, -0.1) is 24.8 Å². The molecule has 2 aromatic rings. The largest absolute Gasteiger partial charge is 0.348 e. The molecule has 1 aliphatic carbocycles. The number of aromatic nitrogens is 1. The number of benzene rings is 1. The van der Waals surface area contributed by atoms with Crippen molar-refractivity contribution >= 4 is 42.3 Å². The van der Waals surface area contributed by atoms with E-state index >= 15 is 0 Å². The van der Waals surface area contributed by atoms with Crippen molar-refractivity contribution in [2.24, 2.45) is 17.6 Å². The van der Waals surface area contributed by atoms with E-state index in [-0.39, 0.29) is 48.5 Å². The average Bonchev–Trinajstić information content (AvgIpc) is 3.16. The van der Waals surface area contributed by atoms with Crippen LogP contribution in [0.5, 0.6) is 0 Å². The molecule has 1 heterocycles. The molecule has 6 nitrogen and oxygen atoms in total. The SMILES string of the molecule is Cl.Cl.NC[C@H]1CCC[C@H]1C(=O)Nc1ccccc1C(=O)NCc1cccnc1. The van der Waals surface area contributed by atoms with Crippen LogP contribution in [-0.2, 0) is 11.3 Å². The number of nitrogens with one attached hydrogen (secondary N) is 2. The molecule has 0 saturated heterocycles. The first-order valence-corrected chi connectivity index (χ1v) is 8.96. The first-order chi connectivity index (χ1) is 12.7. The highest BCUT2D eigenvalue weighted by molar-refractivity contribution is 6.04. The number of halogens is 2. The molecule has 1 aromatic carbocycles. The predicted molar refractivity (Wildman–Crippen MR) is 115 cm³/mol. The zero-order valence-electron chi connectivity index (χ0n) is 15.5. The second-order valence-electron chi connectivity index (χ2n) is 6.61. The van der Waals surface area contributed by atoms with Crippen LogP contribution in [0.3, 0.4) is 0 Å². The fourth-order valence-corrected chi connectivity index (χ4v) is 3.46. The van der Waals surface area contributed by atoms with Crippen LogP contribution in [0.15, 0.2) is 48.8 Å². The summed E-state index contributed by atoms with van der Waals surface area (Å²) in [5.74, 6) is -0.134. The summed E-state index contributed by atoms with van der Waals surface area (Å²) in [6, 6.07) is 10.8. The fourth-order valence-electron chi connectivity index (χ4n) is 3.46. The van der Waals surface area contributed by atoms with Crippen LogP contribution in [0.4, 0.5) is 5.69 Å². The Morgan fingerprint density at radius 2 is 1.89 bits per heavy atom. The fraction of sp³-hybridized carbons (Fsp3) is 0.350. The lowest BCUT2D eigenvalue weighted by Crippen LogP contribution is -2.31. The normalized spacial score (nSPS) is 17.8. The van der Waals surface area contributed by atoms with E-state index < -0.39 is 0 Å². The molecule has 0 bridgehead atoms. The van der Waals surface area contributed by atoms with Gasteiger partial charge in [0, 0.05) is 24.9 Å². The summed E-state index contributed by atoms with van der Waals surface area (Å²) in [7, 11) is 0. The van der Waals surface area contributed by atoms with Crippen molar-refractivity contribution in [1.82, 2.24) is 10.3 Å². The molecule has 152 valence electrons. The van der Waals surface area contributed by atoms with E-state index in [1.165, 1.54) is 0 Å². The zero-order chi connectivity index (χ0) is 18.4. The Hall–Kier alpha value is -2.15. The van der Waals surface area contributed by atoms with Gasteiger partial charge in [0.05, 0.1) is 11.3 Å². The Labute approximate surface area is 177 Å². The highest BCUT2D eigenvalue weighted by Gasteiger charge is 2.32. The minimum atomic E-state index is -0.230. The number of anilines is 1. The second kappa shape index (κ2) is 11.6. The Balaban J connectivity index is 0.00000196. The predicted octanol–water partition coefficient (Wildman–Crippen LogP) is 3.17. The molecular weight excluding hydrogens is 399 g/mol. The molecule has 1 aromatic heterocycles. The number of carbonyl (C=O) groups is 2. The van der Waals surface area contributed by atoms with Crippen molar-refractivity contribution in [3.63, 3.8) is 0 Å². The summed E-state index contributed by atoms with van der Waals surface area (Å²) >= 11 is 0. The zero-order valence-corrected chi connectivity index (χ0v) is 17.1. The molecule has 0 aliphatic heterocycles. The molecule has 0 unspecified atom stereocenters. The minimum Gasteiger partial charge on any atom is -0.348 e. The number of carbonyl (C=O) groups excluding carboxylic acids is 2. The van der Waals surface area contributed by atoms with E-state index in [1.54, 1.807) is 30.6 Å². The van der Waals surface area contributed by atoms with Crippen molar-refractivity contribution in [3.05, 3.63) is 59.9 Å². The standard InChI is InChI=1S/C20H24N4O2.2ClH/c21-11-15-6-3-8-16(15)20(26)24-18-9-2-1-7-17(18)19(25)23-13-14-5-4-10-22-12-14;;/h1-2,4-5,7,9-10,12,15-16H,3,6,8,11,13,21H2,(H,23,25)(H,24,26);2*1H/t15-,16-;;/m1../s1. The van der Waals surface area contributed by atoms with Crippen LogP contribution in [0, 0.1) is 11.8 Å². The lowest BCUT2D eigenvalue weighted by molar-refractivity contribution is -0.120. The first-order valence-electron chi connectivity index (χ1n) is 8.96. The Morgan fingerprint density at radius 1 is 1.11 bits per heavy atom. The van der Waals surface area contributed by atoms with Gasteiger partial charge in [-0.25, -0.2) is 0 Å². The number of nitrogens with zero attached hydrogens (tertiary/aromatic N) is 1. The lowest BCUT2D eigenvalue weighted by atomic mass is 9.95. The maximum atomic E-state index is 12.6. The smallest absolute Gasteiger partial charge is 0.253 e. The third-order valence-corrected chi connectivity index (χ3v) is 4.90. The van der Waals surface area contributed by atoms with Gasteiger partial charge in [0.25, 0.3) is 5.91 Å². The summed E-state index contributed by atoms with van der Waals surface area (Å²) in [6.07, 6.45) is 6.26. The van der Waals surface area contributed by atoms with E-state index in [0.29, 0.717) is 24.3 Å². The highest BCUT2D eigenvalue weighted by Crippen LogP contribution is 2.32. The highest BCUT2D eigenvalue weighted by atomic mass is 35.5. The second-order valence-corrected chi connectivity index (χ2v) is 6.61. The molecule has 1 fully saturated rings. The minimum absolute atomic E-state index is 0. The number of amides is 2. The van der Waals surface area contributed by atoms with Crippen molar-refractivity contribution in [3.8, 4) is 0 Å². The summed E-state index contributed by atoms with van der Waals surface area (Å²) in [5.41, 5.74) is 7.68. The molecule has 8 heteroatoms. The van der Waals surface area contributed by atoms with Crippen LogP contribution in [-0.4, -0.2) is 23.3 Å². The van der Waals surface area contributed by atoms with Crippen LogP contribution >= 0.6 is 24.8 Å². The summed E-state index contributed by atoms with van der Waals surface area (Å²) < 4.78 is 0. The van der Waals surface area contributed by atoms with Gasteiger partial charge < -0.3 is 16.4 Å². The number of hydrogen-bond acceptors (Lipinski definition) is 4. The molecule has 1 aliphatic rings. The molecule has 3 rings (SSSR count). The Bertz CT molecular complexity index is 774. The van der Waals surface area contributed by atoms with E-state index in [1.807, 2.05) is 18.2 Å². The Kier molecular flexibility index (Phi) is 9.93. The van der Waals surface area contributed by atoms with Crippen molar-refractivity contribution in [2.45, 2.75) is 25.8 Å². The van der Waals surface area contributed by atoms with Crippen molar-refractivity contribution in [2.75, 3.05) is 11.9 Å². The van der Waals surface area contributed by atoms with Crippen LogP contribution in [0.25, 0.3) is 0 Å². The molecule has 0 spiro atoms. The number of nitrogens with two attached hydrogens (primary N) is 1. The van der Waals surface area contributed by atoms with Crippen LogP contribution in [0.2, 0.25) is 0 Å². The average molecular weight is 425 g/mol. The molecular formula is C20H26Cl2N4O2. The maximum absolute atomic E-state index is 12.6. The van der Waals surface area contributed by atoms with Crippen molar-refractivity contribution in [1.29, 1.82) is 0 Å². The van der Waals surface area contributed by atoms with Gasteiger partial charge in [-0.1, -0.05) is 24.6 Å². The van der Waals surface area contributed by atoms with E-state index in [9.17, 15) is 9.59 Å². The number of rotatable bonds is 6. The topological polar surface area (TPSA) is 97.1 Å². The number of pyridine rings is 1. The summed E-state index contributed by atoms with van der Waals surface area (Å²) in [5, 5.41) is 5.80. The van der Waals surface area contributed by atoms with Gasteiger partial charge in [0.15, 0.2) is 0 Å². The number of para-hydroxylation sites is 1. The van der Waals surface area contributed by atoms with Gasteiger partial charge in [0.2, 0.25) is 5.91 Å². The monoisotopic (exact) mass is 424 g/mol. The van der Waals surface area contributed by atoms with Gasteiger partial charge in [0.1, 0.15) is 0 Å². The van der Waals surface area contributed by atoms with E-state index in [2.05, 4.69) is 15.6 Å². The number of hydrogen-bond donors (Lipinski definition) is 3. The van der Waals surface area contributed by atoms with Crippen molar-refractivity contribution < 1.29 is 9.59 Å². The van der Waals surface area contributed by atoms with E-state index in [4.69, 9.17) is 5.73 Å². The third kappa shape index (κ3) is 5.92. The van der Waals surface area contributed by atoms with Gasteiger partial charge >= 0.3 is 0 Å². The molecule has 1 saturated carbocycles. The van der Waals surface area contributed by atoms with Gasteiger partial charge in [-0.05, 0) is 49.1 Å². The van der Waals surface area contributed by atoms with Crippen LogP contribution in [0.1, 0.15) is 35.2 Å². The molecule has 0 radical (unpaired) electrons. The van der Waals surface area contributed by atoms with Crippen LogP contribution < -0.4 is 16.4 Å². The lowest BCUT2D eigenvalue weighted by Gasteiger charge is -2.18. The molecule has 28 heavy (non-hydrogen) atoms. The molecule has 2 amide bonds. The summed E-state index contributed by atoms with van der Waals surface area (Å²) in [6.45, 7) is 0.901. The van der Waals surface area contributed by atoms with Gasteiger partial charge in [-0.2, -0.15) is 0 Å². The van der Waals surface area contributed by atoms with E-state index in [0.717, 1.165) is 24.8 Å². The van der Waals surface area contributed by atoms with Gasteiger partial charge in [-0.3, -0.25) is 14.6 Å². The molecule has 2 atom stereocenters. The quantitative estimate of drug-likeness (QED) is 0.662. The Morgan fingerprint density at radius 3 is 2.61 bits per heavy atom. The molecule has 4 N–H and O–H groups in total. The summed E-state index contributed by atoms with van der Waals surface area (Å²) in [4.78, 5) is 29.2. The first kappa shape index (κ1) is 23.9.